The molecule has 0 fully saturated rings. The van der Waals surface area contributed by atoms with Crippen LogP contribution in [0.4, 0.5) is 0 Å². The van der Waals surface area contributed by atoms with Gasteiger partial charge in [-0.15, -0.1) is 0 Å². The first-order valence-electron chi connectivity index (χ1n) is 4.92. The molecule has 0 bridgehead atoms. The summed E-state index contributed by atoms with van der Waals surface area (Å²) in [6.45, 7) is 0. The highest BCUT2D eigenvalue weighted by Gasteiger charge is 2.14. The quantitative estimate of drug-likeness (QED) is 0.589. The molecule has 0 spiro atoms. The van der Waals surface area contributed by atoms with E-state index in [1.165, 1.54) is 11.8 Å². The van der Waals surface area contributed by atoms with Gasteiger partial charge in [0.2, 0.25) is 0 Å². The second-order valence-corrected chi connectivity index (χ2v) is 7.30. The monoisotopic (exact) mass is 442 g/mol. The standard InChI is InChI=1S/C12H6Br2Cl2O2S/c13-5-1-7(15)11(17)9(3-5)19-10-4-6(14)2-8(16)12(10)18/h1-4,17-18H. The summed E-state index contributed by atoms with van der Waals surface area (Å²) in [5.41, 5.74) is 0. The lowest BCUT2D eigenvalue weighted by Crippen LogP contribution is -1.81. The maximum Gasteiger partial charge on any atom is 0.148 e. The van der Waals surface area contributed by atoms with Crippen molar-refractivity contribution in [2.45, 2.75) is 9.79 Å². The Bertz CT molecular complexity index is 595. The van der Waals surface area contributed by atoms with E-state index < -0.39 is 0 Å². The minimum atomic E-state index is -0.0367. The number of hydrogen-bond acceptors (Lipinski definition) is 3. The second kappa shape index (κ2) is 6.14. The van der Waals surface area contributed by atoms with Gasteiger partial charge in [0.1, 0.15) is 11.5 Å². The number of rotatable bonds is 2. The molecule has 0 aromatic heterocycles. The summed E-state index contributed by atoms with van der Waals surface area (Å²) in [6.07, 6.45) is 0. The van der Waals surface area contributed by atoms with Crippen LogP contribution in [0.2, 0.25) is 10.0 Å². The summed E-state index contributed by atoms with van der Waals surface area (Å²) >= 11 is 19.6. The van der Waals surface area contributed by atoms with Gasteiger partial charge in [-0.05, 0) is 24.3 Å². The minimum Gasteiger partial charge on any atom is -0.505 e. The molecular weight excluding hydrogens is 439 g/mol. The lowest BCUT2D eigenvalue weighted by Gasteiger charge is -2.09. The molecule has 2 rings (SSSR count). The van der Waals surface area contributed by atoms with Crippen LogP contribution in [0.1, 0.15) is 0 Å². The number of phenols is 2. The van der Waals surface area contributed by atoms with Crippen LogP contribution in [0.15, 0.2) is 43.0 Å². The maximum atomic E-state index is 9.91. The van der Waals surface area contributed by atoms with Crippen molar-refractivity contribution >= 4 is 66.8 Å². The fourth-order valence-electron chi connectivity index (χ4n) is 1.36. The van der Waals surface area contributed by atoms with Crippen molar-refractivity contribution in [1.29, 1.82) is 0 Å². The van der Waals surface area contributed by atoms with Gasteiger partial charge in [-0.2, -0.15) is 0 Å². The minimum absolute atomic E-state index is 0.0367. The predicted molar refractivity (Wildman–Crippen MR) is 85.8 cm³/mol. The third-order valence-electron chi connectivity index (χ3n) is 2.21. The van der Waals surface area contributed by atoms with Gasteiger partial charge in [0.05, 0.1) is 19.8 Å². The number of halogens is 4. The van der Waals surface area contributed by atoms with Crippen molar-refractivity contribution in [3.8, 4) is 11.5 Å². The molecular formula is C12H6Br2Cl2O2S. The van der Waals surface area contributed by atoms with Gasteiger partial charge in [-0.3, -0.25) is 0 Å². The summed E-state index contributed by atoms with van der Waals surface area (Å²) in [6, 6.07) is 6.60. The average Bonchev–Trinajstić information content (AvgIpc) is 2.31. The summed E-state index contributed by atoms with van der Waals surface area (Å²) in [5, 5.41) is 20.3. The molecule has 0 atom stereocenters. The number of benzene rings is 2. The molecule has 2 nitrogen and oxygen atoms in total. The van der Waals surface area contributed by atoms with E-state index in [2.05, 4.69) is 31.9 Å². The molecule has 0 aliphatic rings. The topological polar surface area (TPSA) is 40.5 Å². The van der Waals surface area contributed by atoms with Crippen LogP contribution in [-0.2, 0) is 0 Å². The van der Waals surface area contributed by atoms with E-state index in [1.54, 1.807) is 24.3 Å². The molecule has 2 aromatic rings. The third kappa shape index (κ3) is 3.52. The maximum absolute atomic E-state index is 9.91. The average molecular weight is 445 g/mol. The Morgan fingerprint density at radius 2 is 1.16 bits per heavy atom. The van der Waals surface area contributed by atoms with Crippen LogP contribution in [0.5, 0.6) is 11.5 Å². The molecule has 0 radical (unpaired) electrons. The zero-order valence-electron chi connectivity index (χ0n) is 9.12. The van der Waals surface area contributed by atoms with Crippen LogP contribution in [0, 0.1) is 0 Å². The van der Waals surface area contributed by atoms with E-state index in [0.717, 1.165) is 8.95 Å². The fourth-order valence-corrected chi connectivity index (χ4v) is 4.41. The molecule has 0 heterocycles. The summed E-state index contributed by atoms with van der Waals surface area (Å²) in [4.78, 5) is 1.03. The highest BCUT2D eigenvalue weighted by atomic mass is 79.9. The van der Waals surface area contributed by atoms with Crippen LogP contribution in [0.25, 0.3) is 0 Å². The third-order valence-corrected chi connectivity index (χ3v) is 4.76. The first-order valence-corrected chi connectivity index (χ1v) is 8.08. The zero-order valence-corrected chi connectivity index (χ0v) is 14.6. The van der Waals surface area contributed by atoms with Crippen LogP contribution in [0.3, 0.4) is 0 Å². The SMILES string of the molecule is Oc1c(Cl)cc(Br)cc1Sc1cc(Br)cc(Cl)c1O. The molecule has 0 unspecified atom stereocenters. The molecule has 100 valence electrons. The Morgan fingerprint density at radius 3 is 1.53 bits per heavy atom. The van der Waals surface area contributed by atoms with Crippen molar-refractivity contribution < 1.29 is 10.2 Å². The van der Waals surface area contributed by atoms with E-state index in [-0.39, 0.29) is 21.5 Å². The molecule has 0 saturated carbocycles. The van der Waals surface area contributed by atoms with Crippen LogP contribution < -0.4 is 0 Å². The van der Waals surface area contributed by atoms with Crippen molar-refractivity contribution in [3.05, 3.63) is 43.3 Å². The van der Waals surface area contributed by atoms with Gasteiger partial charge in [0.25, 0.3) is 0 Å². The van der Waals surface area contributed by atoms with Gasteiger partial charge in [0, 0.05) is 8.95 Å². The van der Waals surface area contributed by atoms with Crippen molar-refractivity contribution in [3.63, 3.8) is 0 Å². The van der Waals surface area contributed by atoms with Crippen molar-refractivity contribution in [2.24, 2.45) is 0 Å². The number of hydrogen-bond donors (Lipinski definition) is 2. The van der Waals surface area contributed by atoms with Crippen LogP contribution in [-0.4, -0.2) is 10.2 Å². The molecule has 2 aromatic carbocycles. The Balaban J connectivity index is 2.47. The van der Waals surface area contributed by atoms with Gasteiger partial charge >= 0.3 is 0 Å². The molecule has 0 saturated heterocycles. The highest BCUT2D eigenvalue weighted by Crippen LogP contribution is 2.45. The lowest BCUT2D eigenvalue weighted by molar-refractivity contribution is 0.460. The largest absolute Gasteiger partial charge is 0.505 e. The summed E-state index contributed by atoms with van der Waals surface area (Å²) in [7, 11) is 0. The van der Waals surface area contributed by atoms with E-state index in [9.17, 15) is 10.2 Å². The number of phenolic OH excluding ortho intramolecular Hbond substituents is 2. The van der Waals surface area contributed by atoms with Crippen molar-refractivity contribution in [1.82, 2.24) is 0 Å². The summed E-state index contributed by atoms with van der Waals surface area (Å²) in [5.74, 6) is -0.0734. The van der Waals surface area contributed by atoms with E-state index in [0.29, 0.717) is 9.79 Å². The Morgan fingerprint density at radius 1 is 0.789 bits per heavy atom. The highest BCUT2D eigenvalue weighted by molar-refractivity contribution is 9.10. The summed E-state index contributed by atoms with van der Waals surface area (Å²) < 4.78 is 1.47. The second-order valence-electron chi connectivity index (χ2n) is 3.57. The molecule has 0 aliphatic heterocycles. The number of aromatic hydroxyl groups is 2. The first-order chi connectivity index (χ1) is 8.88. The molecule has 0 aliphatic carbocycles. The van der Waals surface area contributed by atoms with E-state index in [4.69, 9.17) is 23.2 Å². The Hall–Kier alpha value is -0.0700. The van der Waals surface area contributed by atoms with Gasteiger partial charge in [-0.25, -0.2) is 0 Å². The predicted octanol–water partition coefficient (Wildman–Crippen LogP) is 6.08. The molecule has 19 heavy (non-hydrogen) atoms. The van der Waals surface area contributed by atoms with Gasteiger partial charge in [-0.1, -0.05) is 66.8 Å². The van der Waals surface area contributed by atoms with E-state index in [1.807, 2.05) is 0 Å². The zero-order chi connectivity index (χ0) is 14.2. The van der Waals surface area contributed by atoms with Gasteiger partial charge in [0.15, 0.2) is 0 Å². The van der Waals surface area contributed by atoms with Crippen LogP contribution >= 0.6 is 66.8 Å². The molecule has 2 N–H and O–H groups in total. The Kier molecular flexibility index (Phi) is 4.95. The smallest absolute Gasteiger partial charge is 0.148 e. The molecule has 7 heteroatoms. The lowest BCUT2D eigenvalue weighted by atomic mass is 10.3. The van der Waals surface area contributed by atoms with E-state index >= 15 is 0 Å². The molecule has 0 amide bonds. The first kappa shape index (κ1) is 15.3. The Labute approximate surface area is 141 Å². The van der Waals surface area contributed by atoms with Crippen molar-refractivity contribution in [2.75, 3.05) is 0 Å². The fraction of sp³-hybridized carbons (Fsp3) is 0. The van der Waals surface area contributed by atoms with Gasteiger partial charge < -0.3 is 10.2 Å². The normalized spacial score (nSPS) is 10.7.